The molecule has 1 rings (SSSR count). The summed E-state index contributed by atoms with van der Waals surface area (Å²) in [5.41, 5.74) is 0. The predicted octanol–water partition coefficient (Wildman–Crippen LogP) is 2.75. The van der Waals surface area contributed by atoms with Gasteiger partial charge in [-0.1, -0.05) is 26.7 Å². The second-order valence-corrected chi connectivity index (χ2v) is 3.04. The van der Waals surface area contributed by atoms with Crippen molar-refractivity contribution in [1.82, 2.24) is 0 Å². The van der Waals surface area contributed by atoms with Crippen molar-refractivity contribution in [1.29, 1.82) is 0 Å². The maximum atomic E-state index is 9.78. The van der Waals surface area contributed by atoms with Crippen molar-refractivity contribution in [3.63, 3.8) is 0 Å². The highest BCUT2D eigenvalue weighted by atomic mass is 16.4. The van der Waals surface area contributed by atoms with Gasteiger partial charge in [0.25, 0.3) is 0 Å². The van der Waals surface area contributed by atoms with E-state index in [0.717, 1.165) is 12.8 Å². The summed E-state index contributed by atoms with van der Waals surface area (Å²) in [6, 6.07) is 3.63. The number of aliphatic hydroxyl groups excluding tert-OH is 1. The van der Waals surface area contributed by atoms with Gasteiger partial charge in [-0.05, 0) is 18.1 Å². The molecule has 0 amide bonds. The van der Waals surface area contributed by atoms with Crippen molar-refractivity contribution in [2.45, 2.75) is 32.8 Å². The molecule has 0 saturated carbocycles. The molecule has 1 aromatic rings. The highest BCUT2D eigenvalue weighted by Gasteiger charge is 2.19. The summed E-state index contributed by atoms with van der Waals surface area (Å²) in [5.74, 6) is 1.000. The van der Waals surface area contributed by atoms with Crippen LogP contribution in [0, 0.1) is 5.92 Å². The summed E-state index contributed by atoms with van der Waals surface area (Å²) in [6.07, 6.45) is 3.13. The van der Waals surface area contributed by atoms with Gasteiger partial charge < -0.3 is 9.52 Å². The molecule has 68 valence electrons. The molecule has 0 spiro atoms. The summed E-state index contributed by atoms with van der Waals surface area (Å²) in [6.45, 7) is 4.17. The number of furan rings is 1. The second-order valence-electron chi connectivity index (χ2n) is 3.04. The molecule has 0 radical (unpaired) electrons. The van der Waals surface area contributed by atoms with E-state index >= 15 is 0 Å². The normalized spacial score (nSPS) is 13.7. The van der Waals surface area contributed by atoms with Crippen LogP contribution in [0.3, 0.4) is 0 Å². The van der Waals surface area contributed by atoms with Gasteiger partial charge in [0.05, 0.1) is 6.26 Å². The largest absolute Gasteiger partial charge is 0.467 e. The summed E-state index contributed by atoms with van der Waals surface area (Å²) in [5, 5.41) is 9.78. The summed E-state index contributed by atoms with van der Waals surface area (Å²) in [4.78, 5) is 0. The first-order valence-electron chi connectivity index (χ1n) is 4.51. The molecule has 0 fully saturated rings. The van der Waals surface area contributed by atoms with Crippen molar-refractivity contribution >= 4 is 0 Å². The van der Waals surface area contributed by atoms with Crippen molar-refractivity contribution in [2.24, 2.45) is 5.92 Å². The van der Waals surface area contributed by atoms with Crippen LogP contribution in [0.25, 0.3) is 0 Å². The molecule has 2 nitrogen and oxygen atoms in total. The van der Waals surface area contributed by atoms with Crippen LogP contribution in [0.15, 0.2) is 22.8 Å². The van der Waals surface area contributed by atoms with E-state index < -0.39 is 6.10 Å². The smallest absolute Gasteiger partial charge is 0.132 e. The van der Waals surface area contributed by atoms with E-state index in [1.54, 1.807) is 12.3 Å². The Morgan fingerprint density at radius 1 is 1.42 bits per heavy atom. The Hall–Kier alpha value is -0.760. The Bertz CT molecular complexity index is 200. The number of rotatable bonds is 4. The van der Waals surface area contributed by atoms with Crippen molar-refractivity contribution in [3.05, 3.63) is 24.2 Å². The van der Waals surface area contributed by atoms with Gasteiger partial charge in [-0.25, -0.2) is 0 Å². The van der Waals surface area contributed by atoms with E-state index in [4.69, 9.17) is 4.42 Å². The van der Waals surface area contributed by atoms with E-state index in [9.17, 15) is 5.11 Å². The van der Waals surface area contributed by atoms with E-state index in [1.165, 1.54) is 0 Å². The molecule has 0 saturated heterocycles. The molecule has 1 unspecified atom stereocenters. The maximum absolute atomic E-state index is 9.78. The van der Waals surface area contributed by atoms with Crippen LogP contribution >= 0.6 is 0 Å². The summed E-state index contributed by atoms with van der Waals surface area (Å²) >= 11 is 0. The SMILES string of the molecule is CCC(CC)C(O)c1ccco1. The highest BCUT2D eigenvalue weighted by molar-refractivity contribution is 5.02. The molecule has 1 heterocycles. The first-order chi connectivity index (χ1) is 5.79. The topological polar surface area (TPSA) is 33.4 Å². The van der Waals surface area contributed by atoms with Gasteiger partial charge in [0.1, 0.15) is 11.9 Å². The van der Waals surface area contributed by atoms with Crippen LogP contribution < -0.4 is 0 Å². The van der Waals surface area contributed by atoms with Gasteiger partial charge in [-0.15, -0.1) is 0 Å². The van der Waals surface area contributed by atoms with Crippen LogP contribution in [-0.4, -0.2) is 5.11 Å². The maximum Gasteiger partial charge on any atom is 0.132 e. The zero-order valence-electron chi connectivity index (χ0n) is 7.66. The molecule has 0 aliphatic heterocycles. The molecule has 1 atom stereocenters. The fourth-order valence-electron chi connectivity index (χ4n) is 1.43. The lowest BCUT2D eigenvalue weighted by Gasteiger charge is -2.17. The molecule has 0 aliphatic rings. The Balaban J connectivity index is 2.63. The van der Waals surface area contributed by atoms with Gasteiger partial charge in [0, 0.05) is 0 Å². The van der Waals surface area contributed by atoms with Crippen molar-refractivity contribution in [3.8, 4) is 0 Å². The fourth-order valence-corrected chi connectivity index (χ4v) is 1.43. The molecule has 2 heteroatoms. The fraction of sp³-hybridized carbons (Fsp3) is 0.600. The summed E-state index contributed by atoms with van der Waals surface area (Å²) in [7, 11) is 0. The molecular formula is C10H16O2. The average molecular weight is 168 g/mol. The van der Waals surface area contributed by atoms with Gasteiger partial charge in [-0.3, -0.25) is 0 Å². The quantitative estimate of drug-likeness (QED) is 0.749. The Morgan fingerprint density at radius 3 is 2.50 bits per heavy atom. The molecule has 1 aromatic heterocycles. The van der Waals surface area contributed by atoms with Crippen molar-refractivity contribution < 1.29 is 9.52 Å². The monoisotopic (exact) mass is 168 g/mol. The highest BCUT2D eigenvalue weighted by Crippen LogP contribution is 2.26. The molecule has 0 bridgehead atoms. The van der Waals surface area contributed by atoms with Gasteiger partial charge in [0.2, 0.25) is 0 Å². The molecule has 0 aromatic carbocycles. The van der Waals surface area contributed by atoms with Crippen LogP contribution in [0.4, 0.5) is 0 Å². The lowest BCUT2D eigenvalue weighted by atomic mass is 9.95. The molecule has 1 N–H and O–H groups in total. The number of hydrogen-bond donors (Lipinski definition) is 1. The lowest BCUT2D eigenvalue weighted by molar-refractivity contribution is 0.0814. The standard InChI is InChI=1S/C10H16O2/c1-3-8(4-2)10(11)9-6-5-7-12-9/h5-8,10-11H,3-4H2,1-2H3. The Kier molecular flexibility index (Phi) is 3.35. The van der Waals surface area contributed by atoms with Crippen LogP contribution in [0.2, 0.25) is 0 Å². The Morgan fingerprint density at radius 2 is 2.08 bits per heavy atom. The number of aliphatic hydroxyl groups is 1. The van der Waals surface area contributed by atoms with Crippen LogP contribution in [0.5, 0.6) is 0 Å². The average Bonchev–Trinajstić information content (AvgIpc) is 2.58. The molecule has 12 heavy (non-hydrogen) atoms. The molecular weight excluding hydrogens is 152 g/mol. The van der Waals surface area contributed by atoms with E-state index in [-0.39, 0.29) is 0 Å². The lowest BCUT2D eigenvalue weighted by Crippen LogP contribution is -2.09. The predicted molar refractivity (Wildman–Crippen MR) is 47.7 cm³/mol. The first kappa shape index (κ1) is 9.33. The third-order valence-corrected chi connectivity index (χ3v) is 2.33. The van der Waals surface area contributed by atoms with Gasteiger partial charge in [0.15, 0.2) is 0 Å². The minimum Gasteiger partial charge on any atom is -0.467 e. The first-order valence-corrected chi connectivity index (χ1v) is 4.51. The van der Waals surface area contributed by atoms with E-state index in [2.05, 4.69) is 13.8 Å². The van der Waals surface area contributed by atoms with E-state index in [1.807, 2.05) is 6.07 Å². The minimum atomic E-state index is -0.435. The van der Waals surface area contributed by atoms with E-state index in [0.29, 0.717) is 11.7 Å². The van der Waals surface area contributed by atoms with Crippen LogP contribution in [0.1, 0.15) is 38.6 Å². The van der Waals surface area contributed by atoms with Crippen molar-refractivity contribution in [2.75, 3.05) is 0 Å². The van der Waals surface area contributed by atoms with Crippen LogP contribution in [-0.2, 0) is 0 Å². The van der Waals surface area contributed by atoms with Gasteiger partial charge in [-0.2, -0.15) is 0 Å². The third-order valence-electron chi connectivity index (χ3n) is 2.33. The Labute approximate surface area is 73.2 Å². The summed E-state index contributed by atoms with van der Waals surface area (Å²) < 4.78 is 5.13. The third kappa shape index (κ3) is 1.89. The minimum absolute atomic E-state index is 0.316. The second kappa shape index (κ2) is 4.31. The molecule has 0 aliphatic carbocycles. The number of hydrogen-bond acceptors (Lipinski definition) is 2. The zero-order chi connectivity index (χ0) is 8.97. The zero-order valence-corrected chi connectivity index (χ0v) is 7.66. The van der Waals surface area contributed by atoms with Gasteiger partial charge >= 0.3 is 0 Å².